The fourth-order valence-electron chi connectivity index (χ4n) is 2.62. The van der Waals surface area contributed by atoms with Gasteiger partial charge >= 0.3 is 0 Å². The zero-order valence-electron chi connectivity index (χ0n) is 10.9. The van der Waals surface area contributed by atoms with Crippen LogP contribution in [0.15, 0.2) is 9.27 Å². The van der Waals surface area contributed by atoms with Gasteiger partial charge in [-0.25, -0.2) is 4.98 Å². The van der Waals surface area contributed by atoms with Gasteiger partial charge in [0.15, 0.2) is 0 Å². The third kappa shape index (κ3) is 2.52. The van der Waals surface area contributed by atoms with Gasteiger partial charge in [-0.2, -0.15) is 0 Å². The highest BCUT2D eigenvalue weighted by Gasteiger charge is 2.35. The van der Waals surface area contributed by atoms with Crippen molar-refractivity contribution in [3.63, 3.8) is 0 Å². The van der Waals surface area contributed by atoms with Crippen LogP contribution in [0.25, 0.3) is 0 Å². The summed E-state index contributed by atoms with van der Waals surface area (Å²) in [6.07, 6.45) is 6.54. The first-order valence-corrected chi connectivity index (χ1v) is 7.20. The molecule has 1 aromatic rings. The number of halogens is 1. The number of ether oxygens (including phenoxy) is 1. The van der Waals surface area contributed by atoms with Crippen molar-refractivity contribution in [1.29, 1.82) is 0 Å². The summed E-state index contributed by atoms with van der Waals surface area (Å²) in [6, 6.07) is 0. The van der Waals surface area contributed by atoms with Gasteiger partial charge in [0.05, 0.1) is 5.69 Å². The molecule has 5 heteroatoms. The molecule has 0 unspecified atom stereocenters. The van der Waals surface area contributed by atoms with E-state index < -0.39 is 5.60 Å². The molecule has 0 atom stereocenters. The Morgan fingerprint density at radius 1 is 1.28 bits per heavy atom. The first kappa shape index (κ1) is 13.7. The van der Waals surface area contributed by atoms with Crippen molar-refractivity contribution < 1.29 is 4.74 Å². The minimum absolute atomic E-state index is 0.127. The van der Waals surface area contributed by atoms with E-state index in [-0.39, 0.29) is 5.56 Å². The maximum Gasteiger partial charge on any atom is 0.265 e. The van der Waals surface area contributed by atoms with Gasteiger partial charge in [-0.05, 0) is 35.7 Å². The Balaban J connectivity index is 2.46. The van der Waals surface area contributed by atoms with Crippen LogP contribution in [0.1, 0.15) is 50.0 Å². The summed E-state index contributed by atoms with van der Waals surface area (Å²) in [5.41, 5.74) is 0.175. The lowest BCUT2D eigenvalue weighted by Crippen LogP contribution is -2.33. The highest BCUT2D eigenvalue weighted by Crippen LogP contribution is 2.37. The molecule has 2 rings (SSSR count). The molecule has 1 N–H and O–H groups in total. The van der Waals surface area contributed by atoms with Crippen molar-refractivity contribution in [2.24, 2.45) is 0 Å². The molecule has 0 aliphatic heterocycles. The van der Waals surface area contributed by atoms with E-state index in [1.807, 2.05) is 6.92 Å². The van der Waals surface area contributed by atoms with Crippen molar-refractivity contribution in [3.8, 4) is 0 Å². The number of aryl methyl sites for hydroxylation is 1. The lowest BCUT2D eigenvalue weighted by atomic mass is 9.93. The van der Waals surface area contributed by atoms with Crippen LogP contribution in [-0.4, -0.2) is 17.1 Å². The SMILES string of the molecule is COC1(c2nc(C)c(Br)c(=O)[nH]2)CCCCCC1. The Bertz CT molecular complexity index is 476. The van der Waals surface area contributed by atoms with Gasteiger partial charge in [-0.1, -0.05) is 25.7 Å². The molecule has 4 nitrogen and oxygen atoms in total. The summed E-state index contributed by atoms with van der Waals surface area (Å²) in [5.74, 6) is 0.678. The number of aromatic amines is 1. The van der Waals surface area contributed by atoms with Crippen molar-refractivity contribution in [1.82, 2.24) is 9.97 Å². The van der Waals surface area contributed by atoms with Crippen molar-refractivity contribution in [2.75, 3.05) is 7.11 Å². The second kappa shape index (κ2) is 5.53. The highest BCUT2D eigenvalue weighted by molar-refractivity contribution is 9.10. The number of nitrogens with zero attached hydrogens (tertiary/aromatic N) is 1. The van der Waals surface area contributed by atoms with Crippen LogP contribution < -0.4 is 5.56 Å². The zero-order chi connectivity index (χ0) is 13.2. The smallest absolute Gasteiger partial charge is 0.265 e. The minimum atomic E-state index is -0.416. The molecule has 0 amide bonds. The van der Waals surface area contributed by atoms with Gasteiger partial charge < -0.3 is 9.72 Å². The second-order valence-corrected chi connectivity index (χ2v) is 5.72. The molecular formula is C13H19BrN2O2. The van der Waals surface area contributed by atoms with E-state index in [0.29, 0.717) is 10.3 Å². The molecule has 18 heavy (non-hydrogen) atoms. The van der Waals surface area contributed by atoms with Crippen LogP contribution in [-0.2, 0) is 10.3 Å². The van der Waals surface area contributed by atoms with Crippen LogP contribution in [0, 0.1) is 6.92 Å². The van der Waals surface area contributed by atoms with Crippen LogP contribution in [0.5, 0.6) is 0 Å². The third-order valence-electron chi connectivity index (χ3n) is 3.76. The van der Waals surface area contributed by atoms with Crippen molar-refractivity contribution >= 4 is 15.9 Å². The monoisotopic (exact) mass is 314 g/mol. The highest BCUT2D eigenvalue weighted by atomic mass is 79.9. The number of nitrogens with one attached hydrogen (secondary N) is 1. The number of methoxy groups -OCH3 is 1. The average Bonchev–Trinajstić information content (AvgIpc) is 2.61. The van der Waals surface area contributed by atoms with Gasteiger partial charge in [-0.15, -0.1) is 0 Å². The number of rotatable bonds is 2. The molecule has 1 heterocycles. The fourth-order valence-corrected chi connectivity index (χ4v) is 2.81. The number of aromatic nitrogens is 2. The third-order valence-corrected chi connectivity index (χ3v) is 4.70. The van der Waals surface area contributed by atoms with Crippen LogP contribution in [0.4, 0.5) is 0 Å². The van der Waals surface area contributed by atoms with Gasteiger partial charge in [-0.3, -0.25) is 4.79 Å². The molecule has 1 aliphatic rings. The van der Waals surface area contributed by atoms with Gasteiger partial charge in [0.2, 0.25) is 0 Å². The predicted octanol–water partition coefficient (Wildman–Crippen LogP) is 3.04. The molecule has 1 aromatic heterocycles. The van der Waals surface area contributed by atoms with E-state index in [4.69, 9.17) is 4.74 Å². The van der Waals surface area contributed by atoms with Crippen molar-refractivity contribution in [3.05, 3.63) is 26.3 Å². The second-order valence-electron chi connectivity index (χ2n) is 4.93. The summed E-state index contributed by atoms with van der Waals surface area (Å²) in [7, 11) is 1.71. The molecule has 100 valence electrons. The van der Waals surface area contributed by atoms with Crippen LogP contribution in [0.3, 0.4) is 0 Å². The van der Waals surface area contributed by atoms with E-state index in [0.717, 1.165) is 31.4 Å². The maximum atomic E-state index is 11.8. The quantitative estimate of drug-likeness (QED) is 0.854. The molecule has 1 saturated carbocycles. The maximum absolute atomic E-state index is 11.8. The summed E-state index contributed by atoms with van der Waals surface area (Å²) >= 11 is 3.25. The molecule has 0 spiro atoms. The lowest BCUT2D eigenvalue weighted by molar-refractivity contribution is -0.0355. The predicted molar refractivity (Wildman–Crippen MR) is 73.7 cm³/mol. The Morgan fingerprint density at radius 3 is 2.39 bits per heavy atom. The summed E-state index contributed by atoms with van der Waals surface area (Å²) in [4.78, 5) is 19.2. The Hall–Kier alpha value is -0.680. The molecule has 0 saturated heterocycles. The summed E-state index contributed by atoms with van der Waals surface area (Å²) < 4.78 is 6.25. The zero-order valence-corrected chi connectivity index (χ0v) is 12.5. The number of H-pyrrole nitrogens is 1. The fraction of sp³-hybridized carbons (Fsp3) is 0.692. The Morgan fingerprint density at radius 2 is 1.89 bits per heavy atom. The van der Waals surface area contributed by atoms with E-state index in [9.17, 15) is 4.79 Å². The molecule has 1 aliphatic carbocycles. The lowest BCUT2D eigenvalue weighted by Gasteiger charge is -2.30. The van der Waals surface area contributed by atoms with Gasteiger partial charge in [0, 0.05) is 7.11 Å². The van der Waals surface area contributed by atoms with Gasteiger partial charge in [0.25, 0.3) is 5.56 Å². The molecule has 1 fully saturated rings. The van der Waals surface area contributed by atoms with Crippen LogP contribution in [0.2, 0.25) is 0 Å². The number of hydrogen-bond acceptors (Lipinski definition) is 3. The Labute approximate surface area is 115 Å². The van der Waals surface area contributed by atoms with Crippen LogP contribution >= 0.6 is 15.9 Å². The first-order valence-electron chi connectivity index (χ1n) is 6.41. The van der Waals surface area contributed by atoms with Crippen molar-refractivity contribution in [2.45, 2.75) is 51.0 Å². The van der Waals surface area contributed by atoms with E-state index in [1.54, 1.807) is 7.11 Å². The van der Waals surface area contributed by atoms with Gasteiger partial charge in [0.1, 0.15) is 15.9 Å². The standard InChI is InChI=1S/C13H19BrN2O2/c1-9-10(14)11(17)16-12(15-9)13(18-2)7-5-3-4-6-8-13/h3-8H2,1-2H3,(H,15,16,17). The summed E-state index contributed by atoms with van der Waals surface area (Å²) in [5, 5.41) is 0. The topological polar surface area (TPSA) is 55.0 Å². The van der Waals surface area contributed by atoms with E-state index in [1.165, 1.54) is 12.8 Å². The minimum Gasteiger partial charge on any atom is -0.370 e. The van der Waals surface area contributed by atoms with E-state index >= 15 is 0 Å². The largest absolute Gasteiger partial charge is 0.370 e. The Kier molecular flexibility index (Phi) is 4.22. The number of hydrogen-bond donors (Lipinski definition) is 1. The molecule has 0 aromatic carbocycles. The molecule has 0 radical (unpaired) electrons. The molecule has 0 bridgehead atoms. The first-order chi connectivity index (χ1) is 8.59. The molecular weight excluding hydrogens is 296 g/mol. The van der Waals surface area contributed by atoms with E-state index in [2.05, 4.69) is 25.9 Å². The normalized spacial score (nSPS) is 19.5. The summed E-state index contributed by atoms with van der Waals surface area (Å²) in [6.45, 7) is 1.84. The average molecular weight is 315 g/mol.